The van der Waals surface area contributed by atoms with Crippen LogP contribution < -0.4 is 4.90 Å². The first-order valence-corrected chi connectivity index (χ1v) is 6.07. The van der Waals surface area contributed by atoms with Crippen molar-refractivity contribution in [2.24, 2.45) is 0 Å². The number of anilines is 1. The second kappa shape index (κ2) is 4.57. The predicted molar refractivity (Wildman–Crippen MR) is 70.1 cm³/mol. The average Bonchev–Trinajstić information content (AvgIpc) is 2.27. The zero-order chi connectivity index (χ0) is 13.3. The zero-order valence-electron chi connectivity index (χ0n) is 11.1. The van der Waals surface area contributed by atoms with Crippen LogP contribution >= 0.6 is 0 Å². The van der Waals surface area contributed by atoms with E-state index in [-0.39, 0.29) is 11.2 Å². The van der Waals surface area contributed by atoms with Crippen LogP contribution in [0.25, 0.3) is 0 Å². The van der Waals surface area contributed by atoms with Crippen molar-refractivity contribution in [3.05, 3.63) is 23.9 Å². The molecule has 0 amide bonds. The molecule has 1 fully saturated rings. The molecular weight excluding hydrogens is 230 g/mol. The first-order valence-electron chi connectivity index (χ1n) is 6.07. The average molecular weight is 249 g/mol. The number of hydrogen-bond donors (Lipinski definition) is 1. The number of aromatic carboxylic acids is 1. The van der Waals surface area contributed by atoms with Gasteiger partial charge in [0, 0.05) is 25.2 Å². The van der Waals surface area contributed by atoms with E-state index in [2.05, 4.69) is 35.7 Å². The minimum Gasteiger partial charge on any atom is -0.477 e. The number of likely N-dealkylation sites (N-methyl/N-ethyl adjacent to an activating group) is 1. The van der Waals surface area contributed by atoms with E-state index < -0.39 is 5.97 Å². The lowest BCUT2D eigenvalue weighted by Gasteiger charge is -2.46. The van der Waals surface area contributed by atoms with Crippen molar-refractivity contribution in [3.8, 4) is 0 Å². The van der Waals surface area contributed by atoms with Crippen LogP contribution in [0.4, 0.5) is 5.82 Å². The van der Waals surface area contributed by atoms with Crippen LogP contribution in [0.5, 0.6) is 0 Å². The van der Waals surface area contributed by atoms with Crippen LogP contribution in [0.15, 0.2) is 18.2 Å². The quantitative estimate of drug-likeness (QED) is 0.856. The molecule has 0 unspecified atom stereocenters. The van der Waals surface area contributed by atoms with Gasteiger partial charge < -0.3 is 14.9 Å². The largest absolute Gasteiger partial charge is 0.477 e. The van der Waals surface area contributed by atoms with Crippen molar-refractivity contribution in [1.82, 2.24) is 9.88 Å². The Morgan fingerprint density at radius 2 is 2.11 bits per heavy atom. The van der Waals surface area contributed by atoms with E-state index in [9.17, 15) is 4.79 Å². The predicted octanol–water partition coefficient (Wildman–Crippen LogP) is 1.31. The lowest BCUT2D eigenvalue weighted by atomic mass is 9.99. The minimum atomic E-state index is -0.983. The van der Waals surface area contributed by atoms with E-state index >= 15 is 0 Å². The summed E-state index contributed by atoms with van der Waals surface area (Å²) in [6.45, 7) is 7.06. The molecule has 0 spiro atoms. The third-order valence-electron chi connectivity index (χ3n) is 3.32. The van der Waals surface area contributed by atoms with Crippen LogP contribution in [0.2, 0.25) is 0 Å². The molecule has 0 atom stereocenters. The SMILES string of the molecule is CN1CCN(c2cccc(C(=O)O)n2)C(C)(C)C1. The summed E-state index contributed by atoms with van der Waals surface area (Å²) < 4.78 is 0. The second-order valence-corrected chi connectivity index (χ2v) is 5.39. The summed E-state index contributed by atoms with van der Waals surface area (Å²) in [6, 6.07) is 5.15. The number of nitrogens with zero attached hydrogens (tertiary/aromatic N) is 3. The Balaban J connectivity index is 2.30. The van der Waals surface area contributed by atoms with Gasteiger partial charge in [0.15, 0.2) is 5.69 Å². The standard InChI is InChI=1S/C13H19N3O2/c1-13(2)9-15(3)7-8-16(13)11-6-4-5-10(14-11)12(17)18/h4-6H,7-9H2,1-3H3,(H,17,18). The van der Waals surface area contributed by atoms with E-state index in [1.54, 1.807) is 6.07 Å². The Labute approximate surface area is 107 Å². The van der Waals surface area contributed by atoms with E-state index in [4.69, 9.17) is 5.11 Å². The molecule has 98 valence electrons. The van der Waals surface area contributed by atoms with Gasteiger partial charge in [0.1, 0.15) is 5.82 Å². The summed E-state index contributed by atoms with van der Waals surface area (Å²) in [7, 11) is 2.10. The highest BCUT2D eigenvalue weighted by atomic mass is 16.4. The molecule has 2 rings (SSSR count). The summed E-state index contributed by atoms with van der Waals surface area (Å²) in [5.74, 6) is -0.239. The number of pyridine rings is 1. The molecule has 0 saturated carbocycles. The van der Waals surface area contributed by atoms with Crippen molar-refractivity contribution < 1.29 is 9.90 Å². The van der Waals surface area contributed by atoms with Crippen LogP contribution in [0.3, 0.4) is 0 Å². The van der Waals surface area contributed by atoms with Gasteiger partial charge in [-0.15, -0.1) is 0 Å². The first-order chi connectivity index (χ1) is 8.40. The number of piperazine rings is 1. The molecule has 5 heteroatoms. The number of carboxylic acids is 1. The molecule has 18 heavy (non-hydrogen) atoms. The van der Waals surface area contributed by atoms with Crippen LogP contribution in [-0.2, 0) is 0 Å². The fraction of sp³-hybridized carbons (Fsp3) is 0.538. The van der Waals surface area contributed by atoms with E-state index in [0.29, 0.717) is 0 Å². The number of carboxylic acid groups (broad SMARTS) is 1. The second-order valence-electron chi connectivity index (χ2n) is 5.39. The van der Waals surface area contributed by atoms with E-state index in [1.807, 2.05) is 6.07 Å². The summed E-state index contributed by atoms with van der Waals surface area (Å²) in [6.07, 6.45) is 0. The van der Waals surface area contributed by atoms with Crippen molar-refractivity contribution >= 4 is 11.8 Å². The van der Waals surface area contributed by atoms with Crippen LogP contribution in [-0.4, -0.2) is 53.2 Å². The topological polar surface area (TPSA) is 56.7 Å². The lowest BCUT2D eigenvalue weighted by molar-refractivity contribution is 0.0690. The maximum atomic E-state index is 11.0. The molecule has 1 aromatic rings. The summed E-state index contributed by atoms with van der Waals surface area (Å²) in [5, 5.41) is 8.99. The molecule has 1 aromatic heterocycles. The van der Waals surface area contributed by atoms with Gasteiger partial charge in [0.05, 0.1) is 0 Å². The van der Waals surface area contributed by atoms with E-state index in [0.717, 1.165) is 25.5 Å². The smallest absolute Gasteiger partial charge is 0.354 e. The van der Waals surface area contributed by atoms with Gasteiger partial charge >= 0.3 is 5.97 Å². The van der Waals surface area contributed by atoms with Gasteiger partial charge in [-0.3, -0.25) is 0 Å². The molecule has 1 N–H and O–H groups in total. The Hall–Kier alpha value is -1.62. The highest BCUT2D eigenvalue weighted by Crippen LogP contribution is 2.25. The molecule has 0 aromatic carbocycles. The van der Waals surface area contributed by atoms with Crippen LogP contribution in [0.1, 0.15) is 24.3 Å². The number of hydrogen-bond acceptors (Lipinski definition) is 4. The number of carbonyl (C=O) groups is 1. The molecule has 5 nitrogen and oxygen atoms in total. The van der Waals surface area contributed by atoms with Gasteiger partial charge in [-0.05, 0) is 33.0 Å². The number of aromatic nitrogens is 1. The molecule has 0 bridgehead atoms. The van der Waals surface area contributed by atoms with Crippen molar-refractivity contribution in [3.63, 3.8) is 0 Å². The van der Waals surface area contributed by atoms with Gasteiger partial charge in [0.25, 0.3) is 0 Å². The summed E-state index contributed by atoms with van der Waals surface area (Å²) in [4.78, 5) is 19.6. The molecule has 1 saturated heterocycles. The Morgan fingerprint density at radius 1 is 1.39 bits per heavy atom. The van der Waals surface area contributed by atoms with Gasteiger partial charge in [0.2, 0.25) is 0 Å². The maximum absolute atomic E-state index is 11.0. The molecule has 2 heterocycles. The van der Waals surface area contributed by atoms with Crippen molar-refractivity contribution in [2.45, 2.75) is 19.4 Å². The lowest BCUT2D eigenvalue weighted by Crippen LogP contribution is -2.58. The highest BCUT2D eigenvalue weighted by Gasteiger charge is 2.33. The Kier molecular flexibility index (Phi) is 3.26. The fourth-order valence-corrected chi connectivity index (χ4v) is 2.52. The third-order valence-corrected chi connectivity index (χ3v) is 3.32. The molecular formula is C13H19N3O2. The molecule has 1 aliphatic heterocycles. The highest BCUT2D eigenvalue weighted by molar-refractivity contribution is 5.85. The molecule has 1 aliphatic rings. The molecule has 0 radical (unpaired) electrons. The summed E-state index contributed by atoms with van der Waals surface area (Å²) in [5.41, 5.74) is 0.0548. The van der Waals surface area contributed by atoms with Gasteiger partial charge in [-0.2, -0.15) is 0 Å². The first kappa shape index (κ1) is 12.8. The Morgan fingerprint density at radius 3 is 2.72 bits per heavy atom. The van der Waals surface area contributed by atoms with E-state index in [1.165, 1.54) is 6.07 Å². The monoisotopic (exact) mass is 249 g/mol. The van der Waals surface area contributed by atoms with Crippen molar-refractivity contribution in [2.75, 3.05) is 31.6 Å². The minimum absolute atomic E-state index is 0.0445. The van der Waals surface area contributed by atoms with Gasteiger partial charge in [-0.25, -0.2) is 9.78 Å². The number of rotatable bonds is 2. The van der Waals surface area contributed by atoms with Gasteiger partial charge in [-0.1, -0.05) is 6.07 Å². The van der Waals surface area contributed by atoms with Crippen LogP contribution in [0, 0.1) is 0 Å². The Bertz CT molecular complexity index is 459. The zero-order valence-corrected chi connectivity index (χ0v) is 11.1. The maximum Gasteiger partial charge on any atom is 0.354 e. The summed E-state index contributed by atoms with van der Waals surface area (Å²) >= 11 is 0. The van der Waals surface area contributed by atoms with Crippen molar-refractivity contribution in [1.29, 1.82) is 0 Å². The fourth-order valence-electron chi connectivity index (χ4n) is 2.52. The third kappa shape index (κ3) is 2.46. The normalized spacial score (nSPS) is 19.8. The molecule has 0 aliphatic carbocycles.